The molecule has 0 unspecified atom stereocenters. The first-order valence-corrected chi connectivity index (χ1v) is 6.70. The molecule has 1 aliphatic carbocycles. The number of carboxylic acids is 1. The van der Waals surface area contributed by atoms with Crippen molar-refractivity contribution in [2.75, 3.05) is 0 Å². The minimum Gasteiger partial charge on any atom is -0.481 e. The van der Waals surface area contributed by atoms with E-state index in [0.717, 1.165) is 11.1 Å². The Labute approximate surface area is 119 Å². The number of carbonyl (C=O) groups excluding carboxylic acids is 1. The Hall–Kier alpha value is -1.68. The third-order valence-electron chi connectivity index (χ3n) is 3.84. The molecule has 0 amide bonds. The second-order valence-corrected chi connectivity index (χ2v) is 5.66. The van der Waals surface area contributed by atoms with E-state index in [0.29, 0.717) is 24.0 Å². The first kappa shape index (κ1) is 16.4. The molecule has 0 heterocycles. The molecule has 1 atom stereocenters. The van der Waals surface area contributed by atoms with Crippen LogP contribution in [0.25, 0.3) is 0 Å². The number of carboxylic acid groups (broad SMARTS) is 1. The van der Waals surface area contributed by atoms with Crippen molar-refractivity contribution in [2.45, 2.75) is 52.1 Å². The molecular formula is C16H22O4. The highest BCUT2D eigenvalue weighted by Gasteiger charge is 2.25. The Bertz CT molecular complexity index is 507. The zero-order valence-electron chi connectivity index (χ0n) is 12.3. The van der Waals surface area contributed by atoms with Crippen molar-refractivity contribution in [3.8, 4) is 0 Å². The van der Waals surface area contributed by atoms with Gasteiger partial charge >= 0.3 is 5.97 Å². The van der Waals surface area contributed by atoms with E-state index in [1.165, 1.54) is 0 Å². The Kier molecular flexibility index (Phi) is 5.06. The lowest BCUT2D eigenvalue weighted by atomic mass is 9.84. The number of aliphatic carboxylic acids is 1. The van der Waals surface area contributed by atoms with Crippen molar-refractivity contribution in [3.63, 3.8) is 0 Å². The molecule has 0 aromatic heterocycles. The molecule has 4 nitrogen and oxygen atoms in total. The molecule has 20 heavy (non-hydrogen) atoms. The number of Topliss-reactive ketones (excluding diaryl/α,β-unsaturated/α-hetero) is 1. The van der Waals surface area contributed by atoms with E-state index >= 15 is 0 Å². The summed E-state index contributed by atoms with van der Waals surface area (Å²) in [7, 11) is 0. The van der Waals surface area contributed by atoms with Gasteiger partial charge in [0, 0.05) is 17.6 Å². The topological polar surface area (TPSA) is 74.6 Å². The first-order chi connectivity index (χ1) is 9.14. The fourth-order valence-electron chi connectivity index (χ4n) is 2.13. The maximum absolute atomic E-state index is 12.1. The number of hydrogen-bond acceptors (Lipinski definition) is 3. The highest BCUT2D eigenvalue weighted by Crippen LogP contribution is 2.29. The van der Waals surface area contributed by atoms with Crippen molar-refractivity contribution < 1.29 is 19.8 Å². The van der Waals surface area contributed by atoms with Crippen LogP contribution in [0, 0.1) is 0 Å². The number of rotatable bonds is 6. The number of hydrogen-bond donors (Lipinski definition) is 2. The maximum atomic E-state index is 12.1. The van der Waals surface area contributed by atoms with E-state index in [1.807, 2.05) is 6.92 Å². The highest BCUT2D eigenvalue weighted by atomic mass is 16.4. The quantitative estimate of drug-likeness (QED) is 0.783. The van der Waals surface area contributed by atoms with Crippen molar-refractivity contribution in [1.82, 2.24) is 0 Å². The third-order valence-corrected chi connectivity index (χ3v) is 3.84. The van der Waals surface area contributed by atoms with Gasteiger partial charge in [0.25, 0.3) is 0 Å². The van der Waals surface area contributed by atoms with Crippen LogP contribution < -0.4 is 0 Å². The molecule has 0 aliphatic heterocycles. The van der Waals surface area contributed by atoms with Gasteiger partial charge < -0.3 is 10.2 Å². The van der Waals surface area contributed by atoms with Crippen LogP contribution in [0.2, 0.25) is 0 Å². The van der Waals surface area contributed by atoms with Gasteiger partial charge in [-0.2, -0.15) is 0 Å². The monoisotopic (exact) mass is 278 g/mol. The molecule has 0 radical (unpaired) electrons. The van der Waals surface area contributed by atoms with E-state index in [-0.39, 0.29) is 18.6 Å². The molecule has 0 fully saturated rings. The van der Waals surface area contributed by atoms with Crippen LogP contribution >= 0.6 is 0 Å². The average molecular weight is 278 g/mol. The van der Waals surface area contributed by atoms with Crippen molar-refractivity contribution in [3.05, 3.63) is 34.9 Å². The van der Waals surface area contributed by atoms with Gasteiger partial charge in [-0.1, -0.05) is 6.58 Å². The Balaban J connectivity index is 2.66. The molecule has 0 aromatic rings. The predicted molar refractivity (Wildman–Crippen MR) is 77.3 cm³/mol. The van der Waals surface area contributed by atoms with E-state index in [1.54, 1.807) is 19.9 Å². The van der Waals surface area contributed by atoms with Crippen molar-refractivity contribution in [2.24, 2.45) is 0 Å². The fraction of sp³-hybridized carbons (Fsp3) is 0.500. The smallest absolute Gasteiger partial charge is 0.303 e. The molecule has 0 bridgehead atoms. The summed E-state index contributed by atoms with van der Waals surface area (Å²) in [6.45, 7) is 9.15. The summed E-state index contributed by atoms with van der Waals surface area (Å²) in [6.07, 6.45) is 2.65. The summed E-state index contributed by atoms with van der Waals surface area (Å²) >= 11 is 0. The zero-order valence-corrected chi connectivity index (χ0v) is 12.3. The summed E-state index contributed by atoms with van der Waals surface area (Å²) in [5.74, 6) is -0.940. The lowest BCUT2D eigenvalue weighted by Gasteiger charge is -2.24. The Morgan fingerprint density at radius 2 is 1.90 bits per heavy atom. The molecule has 0 saturated heterocycles. The highest BCUT2D eigenvalue weighted by molar-refractivity contribution is 6.10. The van der Waals surface area contributed by atoms with Crippen LogP contribution in [0.1, 0.15) is 46.5 Å². The number of carbonyl (C=O) groups is 2. The molecule has 1 aliphatic rings. The summed E-state index contributed by atoms with van der Waals surface area (Å²) < 4.78 is 0. The normalized spacial score (nSPS) is 18.9. The van der Waals surface area contributed by atoms with Gasteiger partial charge in [0.05, 0.1) is 5.60 Å². The van der Waals surface area contributed by atoms with Gasteiger partial charge in [0.1, 0.15) is 0 Å². The first-order valence-electron chi connectivity index (χ1n) is 6.70. The second kappa shape index (κ2) is 6.18. The summed E-state index contributed by atoms with van der Waals surface area (Å²) in [6, 6.07) is 0. The lowest BCUT2D eigenvalue weighted by Crippen LogP contribution is -2.26. The molecule has 2 N–H and O–H groups in total. The minimum absolute atomic E-state index is 0.0102. The number of allylic oxidation sites excluding steroid dienone is 5. The van der Waals surface area contributed by atoms with Crippen molar-refractivity contribution >= 4 is 11.8 Å². The molecular weight excluding hydrogens is 256 g/mol. The number of ketones is 1. The van der Waals surface area contributed by atoms with Crippen LogP contribution in [0.4, 0.5) is 0 Å². The van der Waals surface area contributed by atoms with E-state index < -0.39 is 11.6 Å². The number of aliphatic hydroxyl groups is 1. The largest absolute Gasteiger partial charge is 0.481 e. The van der Waals surface area contributed by atoms with Crippen LogP contribution in [0.15, 0.2) is 34.9 Å². The van der Waals surface area contributed by atoms with Gasteiger partial charge in [-0.25, -0.2) is 0 Å². The SMILES string of the molecule is C=C1C=C(CC[C@](C)(O)CCC(=O)O)C(=O)C(C)=C1C. The summed E-state index contributed by atoms with van der Waals surface area (Å²) in [5, 5.41) is 18.8. The van der Waals surface area contributed by atoms with Crippen LogP contribution in [-0.2, 0) is 9.59 Å². The van der Waals surface area contributed by atoms with Crippen LogP contribution in [-0.4, -0.2) is 27.6 Å². The van der Waals surface area contributed by atoms with Gasteiger partial charge in [0.15, 0.2) is 5.78 Å². The Morgan fingerprint density at radius 3 is 2.45 bits per heavy atom. The third kappa shape index (κ3) is 4.17. The minimum atomic E-state index is -1.08. The molecule has 110 valence electrons. The zero-order chi connectivity index (χ0) is 15.5. The summed E-state index contributed by atoms with van der Waals surface area (Å²) in [4.78, 5) is 22.7. The maximum Gasteiger partial charge on any atom is 0.303 e. The molecule has 0 aromatic carbocycles. The van der Waals surface area contributed by atoms with Gasteiger partial charge in [-0.05, 0) is 57.3 Å². The van der Waals surface area contributed by atoms with Gasteiger partial charge in [-0.3, -0.25) is 9.59 Å². The van der Waals surface area contributed by atoms with Gasteiger partial charge in [-0.15, -0.1) is 0 Å². The average Bonchev–Trinajstić information content (AvgIpc) is 2.37. The summed E-state index contributed by atoms with van der Waals surface area (Å²) in [5.41, 5.74) is 1.97. The van der Waals surface area contributed by atoms with E-state index in [2.05, 4.69) is 6.58 Å². The van der Waals surface area contributed by atoms with Crippen molar-refractivity contribution in [1.29, 1.82) is 0 Å². The van der Waals surface area contributed by atoms with Crippen LogP contribution in [0.3, 0.4) is 0 Å². The van der Waals surface area contributed by atoms with E-state index in [9.17, 15) is 14.7 Å². The standard InChI is InChI=1S/C16H22O4/c1-10-9-13(15(19)12(3)11(10)2)5-7-16(4,20)8-6-14(17)18/h9,20H,1,5-8H2,2-4H3,(H,17,18)/t16-/m0/s1. The molecule has 0 spiro atoms. The predicted octanol–water partition coefficient (Wildman–Crippen LogP) is 2.78. The second-order valence-electron chi connectivity index (χ2n) is 5.66. The van der Waals surface area contributed by atoms with Gasteiger partial charge in [0.2, 0.25) is 0 Å². The molecule has 4 heteroatoms. The molecule has 0 saturated carbocycles. The Morgan fingerprint density at radius 1 is 1.30 bits per heavy atom. The lowest BCUT2D eigenvalue weighted by molar-refractivity contribution is -0.138. The van der Waals surface area contributed by atoms with Crippen LogP contribution in [0.5, 0.6) is 0 Å². The fourth-order valence-corrected chi connectivity index (χ4v) is 2.13. The molecule has 1 rings (SSSR count). The van der Waals surface area contributed by atoms with E-state index in [4.69, 9.17) is 5.11 Å².